The second-order valence-electron chi connectivity index (χ2n) is 4.33. The van der Waals surface area contributed by atoms with E-state index in [1.54, 1.807) is 12.1 Å². The zero-order chi connectivity index (χ0) is 12.0. The summed E-state index contributed by atoms with van der Waals surface area (Å²) in [7, 11) is 0. The van der Waals surface area contributed by atoms with E-state index >= 15 is 0 Å². The van der Waals surface area contributed by atoms with Gasteiger partial charge in [0.25, 0.3) is 0 Å². The molecule has 0 radical (unpaired) electrons. The first-order chi connectivity index (χ1) is 7.65. The average molecular weight is 220 g/mol. The molecule has 0 saturated carbocycles. The first kappa shape index (κ1) is 12.8. The summed E-state index contributed by atoms with van der Waals surface area (Å²) in [5, 5.41) is 8.91. The quantitative estimate of drug-likeness (QED) is 0.734. The minimum absolute atomic E-state index is 0.389. The van der Waals surface area contributed by atoms with Gasteiger partial charge in [0.2, 0.25) is 0 Å². The number of carboxylic acid groups (broad SMARTS) is 1. The maximum absolute atomic E-state index is 10.8. The molecule has 2 heteroatoms. The molecule has 0 bridgehead atoms. The molecule has 0 heterocycles. The Morgan fingerprint density at radius 1 is 1.38 bits per heavy atom. The predicted octanol–water partition coefficient (Wildman–Crippen LogP) is 4.07. The molecule has 1 atom stereocenters. The van der Waals surface area contributed by atoms with Crippen molar-refractivity contribution >= 4 is 5.97 Å². The van der Waals surface area contributed by atoms with Crippen molar-refractivity contribution < 1.29 is 9.90 Å². The lowest BCUT2D eigenvalue weighted by atomic mass is 9.94. The Bertz CT molecular complexity index is 344. The Kier molecular flexibility index (Phi) is 5.03. The van der Waals surface area contributed by atoms with E-state index in [0.717, 1.165) is 12.0 Å². The topological polar surface area (TPSA) is 37.3 Å². The lowest BCUT2D eigenvalue weighted by Gasteiger charge is -2.11. The normalized spacial score (nSPS) is 12.4. The maximum atomic E-state index is 10.8. The zero-order valence-corrected chi connectivity index (χ0v) is 10.1. The van der Waals surface area contributed by atoms with Crippen molar-refractivity contribution in [1.29, 1.82) is 0 Å². The maximum Gasteiger partial charge on any atom is 0.335 e. The van der Waals surface area contributed by atoms with Gasteiger partial charge in [-0.1, -0.05) is 45.2 Å². The molecule has 1 N–H and O–H groups in total. The molecular weight excluding hydrogens is 200 g/mol. The van der Waals surface area contributed by atoms with Crippen LogP contribution >= 0.6 is 0 Å². The highest BCUT2D eigenvalue weighted by molar-refractivity contribution is 5.87. The summed E-state index contributed by atoms with van der Waals surface area (Å²) in [6, 6.07) is 7.28. The van der Waals surface area contributed by atoms with Crippen molar-refractivity contribution in [1.82, 2.24) is 0 Å². The third kappa shape index (κ3) is 3.69. The molecule has 16 heavy (non-hydrogen) atoms. The van der Waals surface area contributed by atoms with Gasteiger partial charge in [-0.25, -0.2) is 4.79 Å². The first-order valence-corrected chi connectivity index (χ1v) is 5.98. The van der Waals surface area contributed by atoms with Crippen LogP contribution in [-0.2, 0) is 0 Å². The van der Waals surface area contributed by atoms with Gasteiger partial charge in [-0.05, 0) is 30.0 Å². The van der Waals surface area contributed by atoms with Gasteiger partial charge in [-0.3, -0.25) is 0 Å². The van der Waals surface area contributed by atoms with Crippen LogP contribution in [0.25, 0.3) is 0 Å². The van der Waals surface area contributed by atoms with Crippen LogP contribution in [0.15, 0.2) is 24.3 Å². The van der Waals surface area contributed by atoms with Gasteiger partial charge in [0.05, 0.1) is 5.56 Å². The molecular formula is C14H20O2. The average Bonchev–Trinajstić information content (AvgIpc) is 2.29. The molecule has 0 aliphatic carbocycles. The van der Waals surface area contributed by atoms with E-state index in [2.05, 4.69) is 13.8 Å². The van der Waals surface area contributed by atoms with Crippen LogP contribution in [0.4, 0.5) is 0 Å². The van der Waals surface area contributed by atoms with Crippen LogP contribution in [0.1, 0.15) is 61.4 Å². The highest BCUT2D eigenvalue weighted by Gasteiger charge is 2.08. The number of hydrogen-bond donors (Lipinski definition) is 1. The van der Waals surface area contributed by atoms with E-state index in [0.29, 0.717) is 11.5 Å². The Hall–Kier alpha value is -1.31. The van der Waals surface area contributed by atoms with Crippen molar-refractivity contribution in [3.63, 3.8) is 0 Å². The summed E-state index contributed by atoms with van der Waals surface area (Å²) in [6.07, 6.45) is 4.83. The van der Waals surface area contributed by atoms with Crippen LogP contribution in [0.3, 0.4) is 0 Å². The number of benzene rings is 1. The third-order valence-corrected chi connectivity index (χ3v) is 2.94. The Morgan fingerprint density at radius 3 is 2.75 bits per heavy atom. The Labute approximate surface area is 97.3 Å². The van der Waals surface area contributed by atoms with E-state index < -0.39 is 5.97 Å². The smallest absolute Gasteiger partial charge is 0.335 e. The van der Waals surface area contributed by atoms with E-state index in [9.17, 15) is 4.79 Å². The summed E-state index contributed by atoms with van der Waals surface area (Å²) in [5.41, 5.74) is 1.52. The van der Waals surface area contributed by atoms with E-state index in [1.165, 1.54) is 19.3 Å². The summed E-state index contributed by atoms with van der Waals surface area (Å²) in [5.74, 6) is -0.395. The second kappa shape index (κ2) is 6.31. The van der Waals surface area contributed by atoms with Crippen molar-refractivity contribution in [2.45, 2.75) is 45.4 Å². The summed E-state index contributed by atoms with van der Waals surface area (Å²) >= 11 is 0. The minimum Gasteiger partial charge on any atom is -0.478 e. The zero-order valence-electron chi connectivity index (χ0n) is 10.1. The van der Waals surface area contributed by atoms with Gasteiger partial charge in [-0.2, -0.15) is 0 Å². The van der Waals surface area contributed by atoms with Crippen LogP contribution in [-0.4, -0.2) is 11.1 Å². The molecule has 0 aliphatic rings. The minimum atomic E-state index is -0.845. The first-order valence-electron chi connectivity index (χ1n) is 5.98. The van der Waals surface area contributed by atoms with Crippen LogP contribution in [0.2, 0.25) is 0 Å². The molecule has 1 rings (SSSR count). The molecule has 0 aliphatic heterocycles. The van der Waals surface area contributed by atoms with E-state index in [1.807, 2.05) is 12.1 Å². The number of carboxylic acids is 1. The number of hydrogen-bond acceptors (Lipinski definition) is 1. The summed E-state index contributed by atoms with van der Waals surface area (Å²) in [6.45, 7) is 4.35. The molecule has 88 valence electrons. The Balaban J connectivity index is 2.64. The van der Waals surface area contributed by atoms with Crippen LogP contribution < -0.4 is 0 Å². The van der Waals surface area contributed by atoms with E-state index in [4.69, 9.17) is 5.11 Å². The van der Waals surface area contributed by atoms with Gasteiger partial charge in [0.15, 0.2) is 0 Å². The molecule has 0 spiro atoms. The number of rotatable bonds is 6. The predicted molar refractivity (Wildman–Crippen MR) is 66.0 cm³/mol. The number of aromatic carboxylic acids is 1. The molecule has 0 aromatic heterocycles. The lowest BCUT2D eigenvalue weighted by Crippen LogP contribution is -1.99. The molecule has 2 nitrogen and oxygen atoms in total. The monoisotopic (exact) mass is 220 g/mol. The fraction of sp³-hybridized carbons (Fsp3) is 0.500. The van der Waals surface area contributed by atoms with Crippen LogP contribution in [0.5, 0.6) is 0 Å². The van der Waals surface area contributed by atoms with Gasteiger partial charge < -0.3 is 5.11 Å². The van der Waals surface area contributed by atoms with Crippen molar-refractivity contribution in [2.24, 2.45) is 0 Å². The van der Waals surface area contributed by atoms with E-state index in [-0.39, 0.29) is 0 Å². The van der Waals surface area contributed by atoms with Gasteiger partial charge in [0, 0.05) is 0 Å². The van der Waals surface area contributed by atoms with Gasteiger partial charge in [0.1, 0.15) is 0 Å². The van der Waals surface area contributed by atoms with Gasteiger partial charge >= 0.3 is 5.97 Å². The molecule has 1 unspecified atom stereocenters. The summed E-state index contributed by atoms with van der Waals surface area (Å²) < 4.78 is 0. The highest BCUT2D eigenvalue weighted by Crippen LogP contribution is 2.22. The number of unbranched alkanes of at least 4 members (excludes halogenated alkanes) is 2. The number of carbonyl (C=O) groups is 1. The van der Waals surface area contributed by atoms with Crippen LogP contribution in [0, 0.1) is 0 Å². The third-order valence-electron chi connectivity index (χ3n) is 2.94. The second-order valence-corrected chi connectivity index (χ2v) is 4.33. The van der Waals surface area contributed by atoms with Crippen molar-refractivity contribution in [3.05, 3.63) is 35.4 Å². The largest absolute Gasteiger partial charge is 0.478 e. The molecule has 0 fully saturated rings. The van der Waals surface area contributed by atoms with Gasteiger partial charge in [-0.15, -0.1) is 0 Å². The molecule has 0 amide bonds. The molecule has 1 aromatic carbocycles. The standard InChI is InChI=1S/C14H20O2/c1-3-4-5-7-11(2)12-8-6-9-13(10-12)14(15)16/h6,8-11H,3-5,7H2,1-2H3,(H,15,16). The highest BCUT2D eigenvalue weighted by atomic mass is 16.4. The summed E-state index contributed by atoms with van der Waals surface area (Å²) in [4.78, 5) is 10.8. The fourth-order valence-electron chi connectivity index (χ4n) is 1.85. The SMILES string of the molecule is CCCCCC(C)c1cccc(C(=O)O)c1. The van der Waals surface area contributed by atoms with Crippen molar-refractivity contribution in [3.8, 4) is 0 Å². The lowest BCUT2D eigenvalue weighted by molar-refractivity contribution is 0.0696. The molecule has 0 saturated heterocycles. The Morgan fingerprint density at radius 2 is 2.12 bits per heavy atom. The van der Waals surface area contributed by atoms with Crippen molar-refractivity contribution in [2.75, 3.05) is 0 Å². The molecule has 1 aromatic rings. The fourth-order valence-corrected chi connectivity index (χ4v) is 1.85.